The molecule has 0 amide bonds. The maximum atomic E-state index is 11.0. The molecule has 0 aromatic carbocycles. The summed E-state index contributed by atoms with van der Waals surface area (Å²) in [5.41, 5.74) is 4.57. The van der Waals surface area contributed by atoms with Gasteiger partial charge in [-0.1, -0.05) is 0 Å². The van der Waals surface area contributed by atoms with Crippen LogP contribution in [0.2, 0.25) is 0 Å². The first-order valence-corrected chi connectivity index (χ1v) is 6.05. The molecule has 1 aliphatic rings. The van der Waals surface area contributed by atoms with Crippen LogP contribution in [0.25, 0.3) is 0 Å². The maximum absolute atomic E-state index is 11.0. The van der Waals surface area contributed by atoms with Gasteiger partial charge < -0.3 is 30.9 Å². The number of pyridine rings is 1. The predicted molar refractivity (Wildman–Crippen MR) is 66.7 cm³/mol. The summed E-state index contributed by atoms with van der Waals surface area (Å²) in [5.74, 6) is -2.52. The fourth-order valence-electron chi connectivity index (χ4n) is 2.22. The van der Waals surface area contributed by atoms with E-state index in [2.05, 4.69) is 4.98 Å². The van der Waals surface area contributed by atoms with E-state index in [1.165, 1.54) is 12.3 Å². The minimum absolute atomic E-state index is 0.507. The highest BCUT2D eigenvalue weighted by Gasteiger charge is 2.55. The van der Waals surface area contributed by atoms with Crippen molar-refractivity contribution >= 4 is 5.69 Å². The highest BCUT2D eigenvalue weighted by Crippen LogP contribution is 2.37. The standard InChI is InChI=1S/C11H15N3O7/c12-9-8(17)7(16)6(4-15)21-11(9,18)10-5(14(19)20)2-1-3-13-10/h1-3,6-9,15-18H,4,12H2/t6-,7-,8+,9-,11+/m1/s1. The second-order valence-electron chi connectivity index (χ2n) is 4.67. The molecule has 2 heterocycles. The van der Waals surface area contributed by atoms with E-state index in [0.717, 1.165) is 6.07 Å². The molecule has 6 N–H and O–H groups in total. The van der Waals surface area contributed by atoms with Gasteiger partial charge in [-0.15, -0.1) is 0 Å². The van der Waals surface area contributed by atoms with Crippen molar-refractivity contribution in [1.29, 1.82) is 0 Å². The van der Waals surface area contributed by atoms with Crippen molar-refractivity contribution in [2.24, 2.45) is 5.73 Å². The van der Waals surface area contributed by atoms with E-state index in [4.69, 9.17) is 15.6 Å². The second kappa shape index (κ2) is 5.60. The summed E-state index contributed by atoms with van der Waals surface area (Å²) in [7, 11) is 0. The van der Waals surface area contributed by atoms with Gasteiger partial charge in [0.1, 0.15) is 18.3 Å². The smallest absolute Gasteiger partial charge is 0.296 e. The Bertz CT molecular complexity index is 540. The summed E-state index contributed by atoms with van der Waals surface area (Å²) in [5, 5.41) is 50.2. The average molecular weight is 301 g/mol. The molecule has 2 rings (SSSR count). The minimum Gasteiger partial charge on any atom is -0.394 e. The van der Waals surface area contributed by atoms with Crippen LogP contribution in [-0.2, 0) is 10.5 Å². The summed E-state index contributed by atoms with van der Waals surface area (Å²) in [6.45, 7) is -0.728. The lowest BCUT2D eigenvalue weighted by molar-refractivity contribution is -0.392. The van der Waals surface area contributed by atoms with Gasteiger partial charge in [0.15, 0.2) is 5.69 Å². The number of hydrogen-bond donors (Lipinski definition) is 5. The summed E-state index contributed by atoms with van der Waals surface area (Å²) in [4.78, 5) is 13.9. The lowest BCUT2D eigenvalue weighted by Gasteiger charge is -2.45. The first-order valence-electron chi connectivity index (χ1n) is 6.05. The summed E-state index contributed by atoms with van der Waals surface area (Å²) < 4.78 is 5.10. The predicted octanol–water partition coefficient (Wildman–Crippen LogP) is -2.42. The van der Waals surface area contributed by atoms with Crippen molar-refractivity contribution in [2.45, 2.75) is 30.1 Å². The lowest BCUT2D eigenvalue weighted by Crippen LogP contribution is -2.67. The monoisotopic (exact) mass is 301 g/mol. The highest BCUT2D eigenvalue weighted by atomic mass is 16.7. The van der Waals surface area contributed by atoms with Gasteiger partial charge in [0, 0.05) is 12.3 Å². The van der Waals surface area contributed by atoms with Gasteiger partial charge in [-0.3, -0.25) is 10.1 Å². The zero-order chi connectivity index (χ0) is 15.8. The molecule has 0 aliphatic carbocycles. The van der Waals surface area contributed by atoms with Crippen molar-refractivity contribution in [2.75, 3.05) is 6.61 Å². The van der Waals surface area contributed by atoms with Gasteiger partial charge in [-0.2, -0.15) is 0 Å². The Hall–Kier alpha value is -1.69. The van der Waals surface area contributed by atoms with Crippen molar-refractivity contribution in [3.63, 3.8) is 0 Å². The summed E-state index contributed by atoms with van der Waals surface area (Å²) in [6.07, 6.45) is -3.40. The molecular formula is C11H15N3O7. The van der Waals surface area contributed by atoms with Gasteiger partial charge in [-0.25, -0.2) is 4.98 Å². The Morgan fingerprint density at radius 3 is 2.71 bits per heavy atom. The molecule has 0 spiro atoms. The van der Waals surface area contributed by atoms with Crippen LogP contribution in [0.15, 0.2) is 18.3 Å². The van der Waals surface area contributed by atoms with E-state index in [0.29, 0.717) is 0 Å². The SMILES string of the molecule is N[C@@H]1[C@@H](O)[C@H](O)[C@@H](CO)O[C@]1(O)c1ncccc1[N+](=O)[O-]. The Morgan fingerprint density at radius 1 is 1.48 bits per heavy atom. The molecule has 0 radical (unpaired) electrons. The first-order chi connectivity index (χ1) is 9.82. The van der Waals surface area contributed by atoms with Gasteiger partial charge in [-0.05, 0) is 6.07 Å². The number of nitrogens with zero attached hydrogens (tertiary/aromatic N) is 2. The third-order valence-electron chi connectivity index (χ3n) is 3.38. The summed E-state index contributed by atoms with van der Waals surface area (Å²) >= 11 is 0. The third kappa shape index (κ3) is 2.48. The number of hydrogen-bond acceptors (Lipinski definition) is 9. The van der Waals surface area contributed by atoms with Crippen molar-refractivity contribution in [3.05, 3.63) is 34.1 Å². The second-order valence-corrected chi connectivity index (χ2v) is 4.67. The van der Waals surface area contributed by atoms with Crippen LogP contribution in [0, 0.1) is 10.1 Å². The number of aliphatic hydroxyl groups is 4. The third-order valence-corrected chi connectivity index (χ3v) is 3.38. The van der Waals surface area contributed by atoms with Crippen LogP contribution in [-0.4, -0.2) is 61.3 Å². The molecule has 21 heavy (non-hydrogen) atoms. The Labute approximate surface area is 118 Å². The zero-order valence-electron chi connectivity index (χ0n) is 10.7. The van der Waals surface area contributed by atoms with Crippen LogP contribution in [0.5, 0.6) is 0 Å². The minimum atomic E-state index is -2.52. The van der Waals surface area contributed by atoms with Crippen molar-refractivity contribution in [3.8, 4) is 0 Å². The van der Waals surface area contributed by atoms with E-state index < -0.39 is 53.1 Å². The van der Waals surface area contributed by atoms with Gasteiger partial charge >= 0.3 is 0 Å². The van der Waals surface area contributed by atoms with Crippen molar-refractivity contribution in [1.82, 2.24) is 4.98 Å². The van der Waals surface area contributed by atoms with Crippen LogP contribution in [0.3, 0.4) is 0 Å². The molecule has 10 heteroatoms. The zero-order valence-corrected chi connectivity index (χ0v) is 10.7. The number of ether oxygens (including phenoxy) is 1. The number of nitrogens with two attached hydrogens (primary N) is 1. The van der Waals surface area contributed by atoms with Crippen LogP contribution >= 0.6 is 0 Å². The topological polar surface area (TPSA) is 172 Å². The number of aromatic nitrogens is 1. The Morgan fingerprint density at radius 2 is 2.14 bits per heavy atom. The molecule has 116 valence electrons. The molecule has 0 bridgehead atoms. The number of aliphatic hydroxyl groups excluding tert-OH is 3. The normalized spacial score (nSPS) is 36.4. The average Bonchev–Trinajstić information content (AvgIpc) is 2.49. The van der Waals surface area contributed by atoms with E-state index in [9.17, 15) is 25.4 Å². The number of rotatable bonds is 3. The van der Waals surface area contributed by atoms with Crippen molar-refractivity contribution < 1.29 is 30.1 Å². The van der Waals surface area contributed by atoms with E-state index in [1.54, 1.807) is 0 Å². The largest absolute Gasteiger partial charge is 0.394 e. The van der Waals surface area contributed by atoms with Crippen LogP contribution in [0.4, 0.5) is 5.69 Å². The van der Waals surface area contributed by atoms with E-state index >= 15 is 0 Å². The van der Waals surface area contributed by atoms with E-state index in [1.807, 2.05) is 0 Å². The fourth-order valence-corrected chi connectivity index (χ4v) is 2.22. The molecule has 0 saturated carbocycles. The lowest BCUT2D eigenvalue weighted by atomic mass is 9.88. The van der Waals surface area contributed by atoms with E-state index in [-0.39, 0.29) is 0 Å². The van der Waals surface area contributed by atoms with Gasteiger partial charge in [0.25, 0.3) is 5.69 Å². The molecule has 10 nitrogen and oxygen atoms in total. The van der Waals surface area contributed by atoms with Gasteiger partial charge in [0.05, 0.1) is 17.6 Å². The van der Waals surface area contributed by atoms with Gasteiger partial charge in [0.2, 0.25) is 5.79 Å². The Kier molecular flexibility index (Phi) is 4.18. The molecule has 0 unspecified atom stereocenters. The molecule has 1 fully saturated rings. The quantitative estimate of drug-likeness (QED) is 0.300. The molecular weight excluding hydrogens is 286 g/mol. The number of nitro groups is 1. The molecule has 1 aliphatic heterocycles. The molecule has 1 saturated heterocycles. The summed E-state index contributed by atoms with van der Waals surface area (Å²) in [6, 6.07) is 0.777. The fraction of sp³-hybridized carbons (Fsp3) is 0.545. The van der Waals surface area contributed by atoms with Crippen LogP contribution < -0.4 is 5.73 Å². The highest BCUT2D eigenvalue weighted by molar-refractivity contribution is 5.39. The molecule has 5 atom stereocenters. The molecule has 1 aromatic rings. The maximum Gasteiger partial charge on any atom is 0.296 e. The molecule has 1 aromatic heterocycles. The van der Waals surface area contributed by atoms with Crippen LogP contribution in [0.1, 0.15) is 5.69 Å². The Balaban J connectivity index is 2.52. The first kappa shape index (κ1) is 15.7.